The van der Waals surface area contributed by atoms with E-state index >= 15 is 0 Å². The minimum Gasteiger partial charge on any atom is -0.454 e. The standard InChI is InChI=1S/C23H23N3O5/c1-14-4-2-5-16-21(14)26(23(29)17-6-3-9-25(17)22(16)28)12-20(27)24-11-15-7-8-18-19(10-15)31-13-30-18/h2,4-5,7-8,10,17H,3,6,9,11-13H2,1H3,(H,24,27). The fourth-order valence-electron chi connectivity index (χ4n) is 4.51. The molecule has 3 heterocycles. The lowest BCUT2D eigenvalue weighted by atomic mass is 10.1. The summed E-state index contributed by atoms with van der Waals surface area (Å²) in [6.07, 6.45) is 1.40. The van der Waals surface area contributed by atoms with Crippen molar-refractivity contribution in [3.05, 3.63) is 53.1 Å². The third-order valence-corrected chi connectivity index (χ3v) is 6.03. The number of anilines is 1. The largest absolute Gasteiger partial charge is 0.454 e. The maximum atomic E-state index is 13.3. The molecule has 3 aliphatic heterocycles. The van der Waals surface area contributed by atoms with E-state index < -0.39 is 6.04 Å². The van der Waals surface area contributed by atoms with E-state index in [1.807, 2.05) is 37.3 Å². The molecule has 160 valence electrons. The molecule has 0 aromatic heterocycles. The number of hydrogen-bond acceptors (Lipinski definition) is 5. The molecule has 8 heteroatoms. The molecular formula is C23H23N3O5. The molecule has 0 bridgehead atoms. The van der Waals surface area contributed by atoms with Gasteiger partial charge in [-0.3, -0.25) is 14.4 Å². The van der Waals surface area contributed by atoms with Crippen molar-refractivity contribution in [3.8, 4) is 11.5 Å². The number of benzene rings is 2. The molecule has 5 rings (SSSR count). The Morgan fingerprint density at radius 1 is 1.16 bits per heavy atom. The number of aryl methyl sites for hydroxylation is 1. The summed E-state index contributed by atoms with van der Waals surface area (Å²) in [5.74, 6) is 0.705. The first kappa shape index (κ1) is 19.4. The van der Waals surface area contributed by atoms with E-state index in [2.05, 4.69) is 5.32 Å². The van der Waals surface area contributed by atoms with E-state index in [1.54, 1.807) is 11.0 Å². The molecule has 1 N–H and O–H groups in total. The van der Waals surface area contributed by atoms with Gasteiger partial charge in [-0.1, -0.05) is 18.2 Å². The van der Waals surface area contributed by atoms with Crippen LogP contribution in [0.5, 0.6) is 11.5 Å². The van der Waals surface area contributed by atoms with Crippen molar-refractivity contribution in [1.29, 1.82) is 0 Å². The Morgan fingerprint density at radius 3 is 2.87 bits per heavy atom. The number of rotatable bonds is 4. The van der Waals surface area contributed by atoms with Gasteiger partial charge in [-0.15, -0.1) is 0 Å². The molecule has 0 spiro atoms. The van der Waals surface area contributed by atoms with Crippen LogP contribution in [-0.4, -0.2) is 48.5 Å². The van der Waals surface area contributed by atoms with Gasteiger partial charge in [0.05, 0.1) is 11.3 Å². The van der Waals surface area contributed by atoms with Gasteiger partial charge in [-0.25, -0.2) is 0 Å². The highest BCUT2D eigenvalue weighted by Crippen LogP contribution is 2.35. The van der Waals surface area contributed by atoms with Crippen molar-refractivity contribution >= 4 is 23.4 Å². The van der Waals surface area contributed by atoms with Crippen LogP contribution in [0.2, 0.25) is 0 Å². The lowest BCUT2D eigenvalue weighted by molar-refractivity contribution is -0.125. The normalized spacial score (nSPS) is 19.2. The maximum Gasteiger partial charge on any atom is 0.256 e. The summed E-state index contributed by atoms with van der Waals surface area (Å²) >= 11 is 0. The number of nitrogens with one attached hydrogen (secondary N) is 1. The van der Waals surface area contributed by atoms with Gasteiger partial charge in [0.25, 0.3) is 5.91 Å². The van der Waals surface area contributed by atoms with Crippen molar-refractivity contribution in [2.45, 2.75) is 32.4 Å². The molecule has 1 fully saturated rings. The van der Waals surface area contributed by atoms with Crippen molar-refractivity contribution in [1.82, 2.24) is 10.2 Å². The van der Waals surface area contributed by atoms with Crippen LogP contribution in [0.25, 0.3) is 0 Å². The van der Waals surface area contributed by atoms with Crippen molar-refractivity contribution < 1.29 is 23.9 Å². The first-order chi connectivity index (χ1) is 15.0. The molecule has 8 nitrogen and oxygen atoms in total. The molecule has 3 amide bonds. The summed E-state index contributed by atoms with van der Waals surface area (Å²) in [4.78, 5) is 42.4. The molecule has 2 aromatic carbocycles. The lowest BCUT2D eigenvalue weighted by Gasteiger charge is -2.26. The molecular weight excluding hydrogens is 398 g/mol. The minimum atomic E-state index is -0.513. The smallest absolute Gasteiger partial charge is 0.256 e. The van der Waals surface area contributed by atoms with Crippen molar-refractivity contribution in [2.75, 3.05) is 24.8 Å². The van der Waals surface area contributed by atoms with Crippen LogP contribution in [0.3, 0.4) is 0 Å². The summed E-state index contributed by atoms with van der Waals surface area (Å²) < 4.78 is 10.7. The molecule has 0 saturated carbocycles. The first-order valence-electron chi connectivity index (χ1n) is 10.4. The van der Waals surface area contributed by atoms with Crippen LogP contribution in [0.15, 0.2) is 36.4 Å². The summed E-state index contributed by atoms with van der Waals surface area (Å²) in [5, 5.41) is 2.87. The quantitative estimate of drug-likeness (QED) is 0.816. The van der Waals surface area contributed by atoms with Crippen LogP contribution in [-0.2, 0) is 16.1 Å². The van der Waals surface area contributed by atoms with E-state index in [1.165, 1.54) is 4.90 Å². The zero-order valence-electron chi connectivity index (χ0n) is 17.2. The molecule has 31 heavy (non-hydrogen) atoms. The Morgan fingerprint density at radius 2 is 2.00 bits per heavy atom. The third-order valence-electron chi connectivity index (χ3n) is 6.03. The minimum absolute atomic E-state index is 0.140. The second-order valence-corrected chi connectivity index (χ2v) is 8.02. The van der Waals surface area contributed by atoms with E-state index in [0.717, 1.165) is 17.5 Å². The average Bonchev–Trinajstić information content (AvgIpc) is 3.42. The Bertz CT molecular complexity index is 1080. The van der Waals surface area contributed by atoms with Gasteiger partial charge in [0, 0.05) is 13.1 Å². The number of fused-ring (bicyclic) bond motifs is 3. The predicted octanol–water partition coefficient (Wildman–Crippen LogP) is 1.99. The molecule has 1 atom stereocenters. The molecule has 1 saturated heterocycles. The highest BCUT2D eigenvalue weighted by Gasteiger charge is 2.42. The van der Waals surface area contributed by atoms with Gasteiger partial charge in [0.1, 0.15) is 12.6 Å². The monoisotopic (exact) mass is 421 g/mol. The zero-order valence-corrected chi connectivity index (χ0v) is 17.2. The average molecular weight is 421 g/mol. The van der Waals surface area contributed by atoms with Gasteiger partial charge in [-0.05, 0) is 49.1 Å². The fraction of sp³-hybridized carbons (Fsp3) is 0.348. The number of carbonyl (C=O) groups excluding carboxylic acids is 3. The summed E-state index contributed by atoms with van der Waals surface area (Å²) in [6, 6.07) is 10.4. The van der Waals surface area contributed by atoms with E-state index in [0.29, 0.717) is 42.3 Å². The number of amides is 3. The Hall–Kier alpha value is -3.55. The van der Waals surface area contributed by atoms with Crippen LogP contribution >= 0.6 is 0 Å². The van der Waals surface area contributed by atoms with Gasteiger partial charge in [-0.2, -0.15) is 0 Å². The number of hydrogen-bond donors (Lipinski definition) is 1. The number of para-hydroxylation sites is 1. The first-order valence-corrected chi connectivity index (χ1v) is 10.4. The van der Waals surface area contributed by atoms with Gasteiger partial charge in [0.2, 0.25) is 18.6 Å². The second kappa shape index (κ2) is 7.61. The third kappa shape index (κ3) is 3.37. The van der Waals surface area contributed by atoms with Gasteiger partial charge in [0.15, 0.2) is 11.5 Å². The number of carbonyl (C=O) groups is 3. The molecule has 2 aromatic rings. The molecule has 0 aliphatic carbocycles. The Labute approximate surface area is 179 Å². The Balaban J connectivity index is 1.37. The number of ether oxygens (including phenoxy) is 2. The molecule has 3 aliphatic rings. The molecule has 0 radical (unpaired) electrons. The predicted molar refractivity (Wildman–Crippen MR) is 112 cm³/mol. The van der Waals surface area contributed by atoms with Gasteiger partial charge >= 0.3 is 0 Å². The van der Waals surface area contributed by atoms with Gasteiger partial charge < -0.3 is 24.6 Å². The fourth-order valence-corrected chi connectivity index (χ4v) is 4.51. The highest BCUT2D eigenvalue weighted by atomic mass is 16.7. The molecule has 1 unspecified atom stereocenters. The van der Waals surface area contributed by atoms with E-state index in [4.69, 9.17) is 9.47 Å². The van der Waals surface area contributed by atoms with Crippen LogP contribution in [0.4, 0.5) is 5.69 Å². The lowest BCUT2D eigenvalue weighted by Crippen LogP contribution is -2.48. The van der Waals surface area contributed by atoms with E-state index in [-0.39, 0.29) is 31.1 Å². The summed E-state index contributed by atoms with van der Waals surface area (Å²) in [6.45, 7) is 2.77. The SMILES string of the molecule is Cc1cccc2c1N(CC(=O)NCc1ccc3c(c1)OCO3)C(=O)C1CCCN1C2=O. The van der Waals surface area contributed by atoms with Crippen molar-refractivity contribution in [2.24, 2.45) is 0 Å². The summed E-state index contributed by atoms with van der Waals surface area (Å²) in [5.41, 5.74) is 2.67. The van der Waals surface area contributed by atoms with Crippen LogP contribution < -0.4 is 19.7 Å². The van der Waals surface area contributed by atoms with E-state index in [9.17, 15) is 14.4 Å². The number of nitrogens with zero attached hydrogens (tertiary/aromatic N) is 2. The zero-order chi connectivity index (χ0) is 21.5. The topological polar surface area (TPSA) is 88.2 Å². The maximum absolute atomic E-state index is 13.3. The highest BCUT2D eigenvalue weighted by molar-refractivity contribution is 6.13. The van der Waals surface area contributed by atoms with Crippen molar-refractivity contribution in [3.63, 3.8) is 0 Å². The van der Waals surface area contributed by atoms with Crippen LogP contribution in [0.1, 0.15) is 34.3 Å². The van der Waals surface area contributed by atoms with Crippen LogP contribution in [0, 0.1) is 6.92 Å². The summed E-state index contributed by atoms with van der Waals surface area (Å²) in [7, 11) is 0. The Kier molecular flexibility index (Phi) is 4.77. The second-order valence-electron chi connectivity index (χ2n) is 8.02.